The number of rotatable bonds is 4. The maximum absolute atomic E-state index is 10.3. The molecule has 0 aliphatic heterocycles. The normalized spacial score (nSPS) is 10.7. The van der Waals surface area contributed by atoms with Gasteiger partial charge in [0.2, 0.25) is 5.91 Å². The van der Waals surface area contributed by atoms with Gasteiger partial charge in [0, 0.05) is 6.08 Å². The Bertz CT molecular complexity index is 434. The Balaban J connectivity index is 0.000000362. The van der Waals surface area contributed by atoms with Crippen LogP contribution in [0.4, 0.5) is 0 Å². The maximum atomic E-state index is 10.3. The van der Waals surface area contributed by atoms with Crippen molar-refractivity contribution >= 4 is 18.0 Å². The van der Waals surface area contributed by atoms with E-state index in [1.807, 2.05) is 30.3 Å². The number of nitrogens with two attached hydrogens (primary N) is 1. The lowest BCUT2D eigenvalue weighted by Gasteiger charge is -2.23. The molecule has 104 valence electrons. The van der Waals surface area contributed by atoms with Crippen LogP contribution in [-0.4, -0.2) is 44.0 Å². The molecule has 0 unspecified atom stereocenters. The molecule has 5 heteroatoms. The fraction of sp³-hybridized carbons (Fsp3) is 0.286. The topological polar surface area (TPSA) is 83.2 Å². The molecule has 0 aromatic heterocycles. The largest absolute Gasteiger partial charge is 0.544 e. The highest BCUT2D eigenvalue weighted by atomic mass is 16.4. The molecule has 0 aliphatic carbocycles. The van der Waals surface area contributed by atoms with Crippen LogP contribution in [0.1, 0.15) is 5.56 Å². The number of carboxylic acid groups (broad SMARTS) is 1. The van der Waals surface area contributed by atoms with Gasteiger partial charge in [-0.25, -0.2) is 0 Å². The highest BCUT2D eigenvalue weighted by molar-refractivity contribution is 5.90. The molecule has 1 aromatic rings. The van der Waals surface area contributed by atoms with Gasteiger partial charge in [-0.15, -0.1) is 0 Å². The molecule has 19 heavy (non-hydrogen) atoms. The molecule has 1 rings (SSSR count). The number of hydrogen-bond donors (Lipinski definition) is 1. The van der Waals surface area contributed by atoms with Crippen molar-refractivity contribution in [2.45, 2.75) is 0 Å². The van der Waals surface area contributed by atoms with Gasteiger partial charge in [0.05, 0.1) is 27.1 Å². The second-order valence-electron chi connectivity index (χ2n) is 4.97. The molecular formula is C14H20N2O3. The predicted octanol–water partition coefficient (Wildman–Crippen LogP) is -0.372. The SMILES string of the molecule is C[N+](C)(C)CC(=O)[O-].NC(=O)C=Cc1ccccc1. The number of likely N-dealkylation sites (N-methyl/N-ethyl adjacent to an activating group) is 1. The van der Waals surface area contributed by atoms with Crippen molar-refractivity contribution in [2.75, 3.05) is 27.7 Å². The van der Waals surface area contributed by atoms with E-state index < -0.39 is 11.9 Å². The molecule has 2 N–H and O–H groups in total. The third-order valence-electron chi connectivity index (χ3n) is 1.84. The second kappa shape index (κ2) is 8.05. The summed E-state index contributed by atoms with van der Waals surface area (Å²) in [4.78, 5) is 20.2. The Morgan fingerprint density at radius 3 is 2.05 bits per heavy atom. The van der Waals surface area contributed by atoms with Crippen LogP contribution in [0.2, 0.25) is 0 Å². The minimum Gasteiger partial charge on any atom is -0.544 e. The third-order valence-corrected chi connectivity index (χ3v) is 1.84. The molecule has 0 atom stereocenters. The zero-order valence-corrected chi connectivity index (χ0v) is 11.5. The van der Waals surface area contributed by atoms with Gasteiger partial charge in [0.15, 0.2) is 0 Å². The van der Waals surface area contributed by atoms with Crippen molar-refractivity contribution in [3.8, 4) is 0 Å². The number of carboxylic acids is 1. The van der Waals surface area contributed by atoms with Gasteiger partial charge in [0.25, 0.3) is 0 Å². The molecule has 1 aromatic carbocycles. The first-order chi connectivity index (χ1) is 8.70. The Morgan fingerprint density at radius 1 is 1.21 bits per heavy atom. The number of benzene rings is 1. The van der Waals surface area contributed by atoms with Crippen molar-refractivity contribution in [1.29, 1.82) is 0 Å². The van der Waals surface area contributed by atoms with Gasteiger partial charge >= 0.3 is 0 Å². The lowest BCUT2D eigenvalue weighted by molar-refractivity contribution is -0.864. The van der Waals surface area contributed by atoms with Crippen LogP contribution in [0, 0.1) is 0 Å². The van der Waals surface area contributed by atoms with Crippen LogP contribution in [0.5, 0.6) is 0 Å². The Labute approximate surface area is 113 Å². The predicted molar refractivity (Wildman–Crippen MR) is 72.6 cm³/mol. The van der Waals surface area contributed by atoms with E-state index in [0.717, 1.165) is 5.56 Å². The number of aliphatic carboxylic acids is 1. The fourth-order valence-electron chi connectivity index (χ4n) is 1.13. The number of carbonyl (C=O) groups excluding carboxylic acids is 2. The molecule has 0 spiro atoms. The Morgan fingerprint density at radius 2 is 1.74 bits per heavy atom. The van der Waals surface area contributed by atoms with E-state index >= 15 is 0 Å². The minimum absolute atomic E-state index is 0.0694. The van der Waals surface area contributed by atoms with E-state index in [0.29, 0.717) is 4.48 Å². The van der Waals surface area contributed by atoms with Gasteiger partial charge in [-0.1, -0.05) is 30.3 Å². The number of nitrogens with zero attached hydrogens (tertiary/aromatic N) is 1. The van der Waals surface area contributed by atoms with Crippen molar-refractivity contribution in [3.05, 3.63) is 42.0 Å². The maximum Gasteiger partial charge on any atom is 0.241 e. The molecule has 0 bridgehead atoms. The van der Waals surface area contributed by atoms with Gasteiger partial charge in [-0.05, 0) is 11.6 Å². The summed E-state index contributed by atoms with van der Waals surface area (Å²) in [7, 11) is 5.40. The zero-order valence-electron chi connectivity index (χ0n) is 11.5. The molecule has 1 amide bonds. The van der Waals surface area contributed by atoms with E-state index in [4.69, 9.17) is 5.73 Å². The van der Waals surface area contributed by atoms with Crippen molar-refractivity contribution in [2.24, 2.45) is 5.73 Å². The molecule has 0 heterocycles. The van der Waals surface area contributed by atoms with E-state index in [1.165, 1.54) is 6.08 Å². The zero-order chi connectivity index (χ0) is 14.9. The third kappa shape index (κ3) is 12.1. The van der Waals surface area contributed by atoms with Gasteiger partial charge < -0.3 is 20.1 Å². The summed E-state index contributed by atoms with van der Waals surface area (Å²) in [5, 5.41) is 9.89. The molecule has 0 saturated heterocycles. The highest BCUT2D eigenvalue weighted by Crippen LogP contribution is 1.99. The summed E-state index contributed by atoms with van der Waals surface area (Å²) in [6, 6.07) is 9.53. The standard InChI is InChI=1S/C9H9NO.C5H11NO2/c10-9(11)7-6-8-4-2-1-3-5-8;1-6(2,3)4-5(7)8/h1-7H,(H2,10,11);4H2,1-3H3. The average molecular weight is 264 g/mol. The Hall–Kier alpha value is -2.14. The average Bonchev–Trinajstić information content (AvgIpc) is 2.25. The monoisotopic (exact) mass is 264 g/mol. The van der Waals surface area contributed by atoms with Crippen LogP contribution in [0.25, 0.3) is 6.08 Å². The van der Waals surface area contributed by atoms with Gasteiger partial charge in [-0.3, -0.25) is 4.79 Å². The van der Waals surface area contributed by atoms with Crippen LogP contribution in [0.3, 0.4) is 0 Å². The highest BCUT2D eigenvalue weighted by Gasteiger charge is 2.04. The van der Waals surface area contributed by atoms with E-state index in [-0.39, 0.29) is 6.54 Å². The first-order valence-corrected chi connectivity index (χ1v) is 5.73. The summed E-state index contributed by atoms with van der Waals surface area (Å²) in [6.45, 7) is 0.0694. The Kier molecular flexibility index (Phi) is 7.14. The molecule has 0 radical (unpaired) electrons. The summed E-state index contributed by atoms with van der Waals surface area (Å²) >= 11 is 0. The van der Waals surface area contributed by atoms with Gasteiger partial charge in [-0.2, -0.15) is 0 Å². The first-order valence-electron chi connectivity index (χ1n) is 5.73. The lowest BCUT2D eigenvalue weighted by atomic mass is 10.2. The summed E-state index contributed by atoms with van der Waals surface area (Å²) in [6.07, 6.45) is 3.03. The number of amides is 1. The number of quaternary nitrogens is 1. The van der Waals surface area contributed by atoms with E-state index in [2.05, 4.69) is 0 Å². The minimum atomic E-state index is -1.00. The second-order valence-corrected chi connectivity index (χ2v) is 4.97. The van der Waals surface area contributed by atoms with E-state index in [9.17, 15) is 14.7 Å². The van der Waals surface area contributed by atoms with Gasteiger partial charge in [0.1, 0.15) is 6.54 Å². The number of hydrogen-bond acceptors (Lipinski definition) is 3. The molecule has 0 aliphatic rings. The van der Waals surface area contributed by atoms with Crippen molar-refractivity contribution < 1.29 is 19.2 Å². The first kappa shape index (κ1) is 16.9. The van der Waals surface area contributed by atoms with Crippen LogP contribution in [-0.2, 0) is 9.59 Å². The molecule has 5 nitrogen and oxygen atoms in total. The number of carbonyl (C=O) groups is 2. The van der Waals surface area contributed by atoms with Crippen LogP contribution < -0.4 is 10.8 Å². The quantitative estimate of drug-likeness (QED) is 0.595. The number of primary amides is 1. The molecular weight excluding hydrogens is 244 g/mol. The van der Waals surface area contributed by atoms with E-state index in [1.54, 1.807) is 27.2 Å². The van der Waals surface area contributed by atoms with Crippen LogP contribution in [0.15, 0.2) is 36.4 Å². The molecule has 0 fully saturated rings. The smallest absolute Gasteiger partial charge is 0.241 e. The summed E-state index contributed by atoms with van der Waals surface area (Å²) < 4.78 is 0.419. The van der Waals surface area contributed by atoms with Crippen LogP contribution >= 0.6 is 0 Å². The summed E-state index contributed by atoms with van der Waals surface area (Å²) in [5.74, 6) is -1.42. The molecule has 0 saturated carbocycles. The summed E-state index contributed by atoms with van der Waals surface area (Å²) in [5.41, 5.74) is 5.89. The lowest BCUT2D eigenvalue weighted by Crippen LogP contribution is -2.45. The van der Waals surface area contributed by atoms with Crippen molar-refractivity contribution in [1.82, 2.24) is 0 Å². The fourth-order valence-corrected chi connectivity index (χ4v) is 1.13. The van der Waals surface area contributed by atoms with Crippen molar-refractivity contribution in [3.63, 3.8) is 0 Å².